The van der Waals surface area contributed by atoms with Crippen molar-refractivity contribution in [1.82, 2.24) is 15.3 Å². The first kappa shape index (κ1) is 19.7. The second-order valence-electron chi connectivity index (χ2n) is 6.41. The molecule has 146 valence electrons. The first-order chi connectivity index (χ1) is 13.7. The van der Waals surface area contributed by atoms with Gasteiger partial charge in [0.15, 0.2) is 0 Å². The molecule has 7 nitrogen and oxygen atoms in total. The molecule has 1 aromatic heterocycles. The molecule has 0 spiro atoms. The van der Waals surface area contributed by atoms with Gasteiger partial charge >= 0.3 is 0 Å². The van der Waals surface area contributed by atoms with E-state index in [1.807, 2.05) is 24.3 Å². The molecule has 1 atom stereocenters. The number of phenolic OH excluding ortho intramolecular Hbond substituents is 1. The van der Waals surface area contributed by atoms with Crippen molar-refractivity contribution in [2.45, 2.75) is 12.5 Å². The minimum absolute atomic E-state index is 0.138. The fourth-order valence-corrected chi connectivity index (χ4v) is 3.17. The number of ether oxygens (including phenoxy) is 1. The molecule has 2 heterocycles. The lowest BCUT2D eigenvalue weighted by Crippen LogP contribution is -2.44. The van der Waals surface area contributed by atoms with Crippen molar-refractivity contribution in [3.63, 3.8) is 0 Å². The van der Waals surface area contributed by atoms with Gasteiger partial charge in [0.25, 0.3) is 5.91 Å². The lowest BCUT2D eigenvalue weighted by molar-refractivity contribution is -0.128. The van der Waals surface area contributed by atoms with Gasteiger partial charge in [-0.05, 0) is 35.7 Å². The number of aromatic hydroxyl groups is 1. The fourth-order valence-electron chi connectivity index (χ4n) is 3.17. The molecule has 2 aromatic rings. The minimum Gasteiger partial charge on any atom is -0.507 e. The van der Waals surface area contributed by atoms with Gasteiger partial charge in [0.05, 0.1) is 19.4 Å². The van der Waals surface area contributed by atoms with Crippen molar-refractivity contribution in [2.24, 2.45) is 5.10 Å². The van der Waals surface area contributed by atoms with E-state index in [1.165, 1.54) is 6.21 Å². The molecule has 2 N–H and O–H groups in total. The fraction of sp³-hybridized carbons (Fsp3) is 0.286. The molecule has 1 aromatic carbocycles. The summed E-state index contributed by atoms with van der Waals surface area (Å²) in [7, 11) is 0. The molecule has 7 heteroatoms. The van der Waals surface area contributed by atoms with Crippen LogP contribution in [0.2, 0.25) is 0 Å². The van der Waals surface area contributed by atoms with Crippen LogP contribution in [0.15, 0.2) is 60.5 Å². The van der Waals surface area contributed by atoms with Gasteiger partial charge in [-0.3, -0.25) is 14.7 Å². The van der Waals surface area contributed by atoms with Crippen molar-refractivity contribution in [1.29, 1.82) is 0 Å². The molecule has 1 aliphatic heterocycles. The highest BCUT2D eigenvalue weighted by molar-refractivity contribution is 5.87. The number of carbonyl (C=O) groups excluding carboxylic acids is 1. The predicted octanol–water partition coefficient (Wildman–Crippen LogP) is 2.04. The molecule has 1 aliphatic rings. The van der Waals surface area contributed by atoms with E-state index in [-0.39, 0.29) is 11.7 Å². The second-order valence-corrected chi connectivity index (χ2v) is 6.41. The van der Waals surface area contributed by atoms with Gasteiger partial charge in [-0.2, -0.15) is 5.10 Å². The highest BCUT2D eigenvalue weighted by Gasteiger charge is 2.28. The standard InChI is InChI=1S/C21H24N4O3/c1-2-4-17-5-3-6-18(20(17)26)15-23-24-21(27)19(16-7-9-22-10-8-16)25-11-13-28-14-12-25/h2-3,5-10,15,19,26H,1,4,11-14H2,(H,24,27)/b23-15-/t19-/m1/s1. The molecule has 1 amide bonds. The summed E-state index contributed by atoms with van der Waals surface area (Å²) in [4.78, 5) is 19.0. The Balaban J connectivity index is 1.74. The predicted molar refractivity (Wildman–Crippen MR) is 107 cm³/mol. The van der Waals surface area contributed by atoms with E-state index in [0.29, 0.717) is 38.3 Å². The summed E-state index contributed by atoms with van der Waals surface area (Å²) in [6.45, 7) is 6.18. The Bertz CT molecular complexity index is 833. The number of benzene rings is 1. The maximum atomic E-state index is 12.9. The Kier molecular flexibility index (Phi) is 6.89. The molecule has 0 radical (unpaired) electrons. The van der Waals surface area contributed by atoms with Crippen LogP contribution >= 0.6 is 0 Å². The number of aromatic nitrogens is 1. The van der Waals surface area contributed by atoms with Crippen molar-refractivity contribution in [3.8, 4) is 5.75 Å². The SMILES string of the molecule is C=CCc1cccc(/C=N\NC(=O)[C@@H](c2ccncc2)N2CCOCC2)c1O. The first-order valence-corrected chi connectivity index (χ1v) is 9.17. The third kappa shape index (κ3) is 4.82. The number of nitrogens with one attached hydrogen (secondary N) is 1. The Morgan fingerprint density at radius 1 is 1.32 bits per heavy atom. The van der Waals surface area contributed by atoms with Gasteiger partial charge in [0.2, 0.25) is 0 Å². The molecule has 0 aliphatic carbocycles. The number of carbonyl (C=O) groups is 1. The summed E-state index contributed by atoms with van der Waals surface area (Å²) >= 11 is 0. The van der Waals surface area contributed by atoms with Gasteiger partial charge in [-0.15, -0.1) is 6.58 Å². The van der Waals surface area contributed by atoms with Gasteiger partial charge in [0.1, 0.15) is 11.8 Å². The first-order valence-electron chi connectivity index (χ1n) is 9.17. The number of hydrogen-bond donors (Lipinski definition) is 2. The molecule has 3 rings (SSSR count). The number of hydrogen-bond acceptors (Lipinski definition) is 6. The Morgan fingerprint density at radius 3 is 2.79 bits per heavy atom. The highest BCUT2D eigenvalue weighted by Crippen LogP contribution is 2.23. The largest absolute Gasteiger partial charge is 0.507 e. The van der Waals surface area contributed by atoms with Crippen molar-refractivity contribution in [3.05, 3.63) is 72.1 Å². The average Bonchev–Trinajstić information content (AvgIpc) is 2.73. The van der Waals surface area contributed by atoms with Crippen LogP contribution in [0.4, 0.5) is 0 Å². The monoisotopic (exact) mass is 380 g/mol. The highest BCUT2D eigenvalue weighted by atomic mass is 16.5. The maximum absolute atomic E-state index is 12.9. The van der Waals surface area contributed by atoms with E-state index in [0.717, 1.165) is 11.1 Å². The molecular weight excluding hydrogens is 356 g/mol. The van der Waals surface area contributed by atoms with E-state index < -0.39 is 6.04 Å². The number of hydrazone groups is 1. The number of phenols is 1. The number of pyridine rings is 1. The Morgan fingerprint density at radius 2 is 2.07 bits per heavy atom. The second kappa shape index (κ2) is 9.77. The van der Waals surface area contributed by atoms with Gasteiger partial charge in [-0.25, -0.2) is 5.43 Å². The quantitative estimate of drug-likeness (QED) is 0.436. The van der Waals surface area contributed by atoms with Gasteiger partial charge < -0.3 is 9.84 Å². The third-order valence-corrected chi connectivity index (χ3v) is 4.57. The van der Waals surface area contributed by atoms with E-state index in [4.69, 9.17) is 4.74 Å². The van der Waals surface area contributed by atoms with E-state index in [9.17, 15) is 9.90 Å². The number of rotatable bonds is 7. The summed E-state index contributed by atoms with van der Waals surface area (Å²) < 4.78 is 5.40. The topological polar surface area (TPSA) is 87.1 Å². The lowest BCUT2D eigenvalue weighted by Gasteiger charge is -2.33. The van der Waals surface area contributed by atoms with Crippen molar-refractivity contribution in [2.75, 3.05) is 26.3 Å². The number of nitrogens with zero attached hydrogens (tertiary/aromatic N) is 3. The van der Waals surface area contributed by atoms with Crippen molar-refractivity contribution < 1.29 is 14.6 Å². The van der Waals surface area contributed by atoms with E-state index >= 15 is 0 Å². The van der Waals surface area contributed by atoms with Crippen LogP contribution in [-0.2, 0) is 16.0 Å². The minimum atomic E-state index is -0.482. The molecular formula is C21H24N4O3. The molecule has 1 fully saturated rings. The summed E-state index contributed by atoms with van der Waals surface area (Å²) in [6.07, 6.45) is 7.06. The maximum Gasteiger partial charge on any atom is 0.262 e. The molecule has 0 bridgehead atoms. The number of amides is 1. The Labute approximate surface area is 164 Å². The zero-order chi connectivity index (χ0) is 19.8. The summed E-state index contributed by atoms with van der Waals surface area (Å²) in [5.41, 5.74) is 4.74. The zero-order valence-corrected chi connectivity index (χ0v) is 15.6. The van der Waals surface area contributed by atoms with Crippen molar-refractivity contribution >= 4 is 12.1 Å². The van der Waals surface area contributed by atoms with Crippen LogP contribution in [0.25, 0.3) is 0 Å². The molecule has 0 saturated carbocycles. The van der Waals surface area contributed by atoms with Gasteiger partial charge in [-0.1, -0.05) is 18.2 Å². The zero-order valence-electron chi connectivity index (χ0n) is 15.6. The smallest absolute Gasteiger partial charge is 0.262 e. The van der Waals surface area contributed by atoms with Crippen LogP contribution in [-0.4, -0.2) is 53.4 Å². The van der Waals surface area contributed by atoms with Crippen LogP contribution in [0.3, 0.4) is 0 Å². The lowest BCUT2D eigenvalue weighted by atomic mass is 10.1. The molecule has 0 unspecified atom stereocenters. The summed E-state index contributed by atoms with van der Waals surface area (Å²) in [5.74, 6) is -0.106. The Hall–Kier alpha value is -3.03. The molecule has 28 heavy (non-hydrogen) atoms. The van der Waals surface area contributed by atoms with Crippen LogP contribution < -0.4 is 5.43 Å². The number of morpholine rings is 1. The average molecular weight is 380 g/mol. The number of para-hydroxylation sites is 1. The normalized spacial score (nSPS) is 16.0. The van der Waals surface area contributed by atoms with Gasteiger partial charge in [0, 0.05) is 31.0 Å². The summed E-state index contributed by atoms with van der Waals surface area (Å²) in [5, 5.41) is 14.4. The van der Waals surface area contributed by atoms with Crippen LogP contribution in [0.5, 0.6) is 5.75 Å². The summed E-state index contributed by atoms with van der Waals surface area (Å²) in [6, 6.07) is 8.56. The van der Waals surface area contributed by atoms with Crippen LogP contribution in [0, 0.1) is 0 Å². The van der Waals surface area contributed by atoms with Crippen LogP contribution in [0.1, 0.15) is 22.7 Å². The van der Waals surface area contributed by atoms with E-state index in [1.54, 1.807) is 24.5 Å². The third-order valence-electron chi connectivity index (χ3n) is 4.57. The molecule has 1 saturated heterocycles. The van der Waals surface area contributed by atoms with E-state index in [2.05, 4.69) is 27.0 Å². The number of allylic oxidation sites excluding steroid dienone is 1.